The summed E-state index contributed by atoms with van der Waals surface area (Å²) in [5, 5.41) is 5.40. The first-order chi connectivity index (χ1) is 16.1. The maximum absolute atomic E-state index is 12.2. The number of thioether (sulfide) groups is 1. The Balaban J connectivity index is 1.37. The molecule has 0 unspecified atom stereocenters. The molecular formula is C24H21ClN4O3S. The number of carbonyl (C=O) groups excluding carboxylic acids is 1. The van der Waals surface area contributed by atoms with E-state index in [-0.39, 0.29) is 11.7 Å². The SMILES string of the molecule is COc1cccc(/C=N/NC(=O)CSc2nc3ccccc3[nH]2)c1OCc1cccc(Cl)c1. The van der Waals surface area contributed by atoms with Gasteiger partial charge in [0.2, 0.25) is 0 Å². The fraction of sp³-hybridized carbons (Fsp3) is 0.125. The summed E-state index contributed by atoms with van der Waals surface area (Å²) in [4.78, 5) is 19.8. The van der Waals surface area contributed by atoms with Crippen molar-refractivity contribution in [2.24, 2.45) is 5.10 Å². The Morgan fingerprint density at radius 3 is 2.85 bits per heavy atom. The number of nitrogens with zero attached hydrogens (tertiary/aromatic N) is 2. The van der Waals surface area contributed by atoms with Gasteiger partial charge in [-0.25, -0.2) is 10.4 Å². The van der Waals surface area contributed by atoms with Crippen LogP contribution in [0.4, 0.5) is 0 Å². The van der Waals surface area contributed by atoms with E-state index in [1.165, 1.54) is 18.0 Å². The highest BCUT2D eigenvalue weighted by molar-refractivity contribution is 7.99. The molecule has 7 nitrogen and oxygen atoms in total. The highest BCUT2D eigenvalue weighted by atomic mass is 35.5. The van der Waals surface area contributed by atoms with E-state index >= 15 is 0 Å². The van der Waals surface area contributed by atoms with E-state index in [0.717, 1.165) is 16.6 Å². The summed E-state index contributed by atoms with van der Waals surface area (Å²) >= 11 is 7.36. The van der Waals surface area contributed by atoms with E-state index in [2.05, 4.69) is 20.5 Å². The fourth-order valence-corrected chi connectivity index (χ4v) is 3.96. The molecular weight excluding hydrogens is 460 g/mol. The van der Waals surface area contributed by atoms with Gasteiger partial charge in [0.25, 0.3) is 5.91 Å². The molecule has 0 saturated heterocycles. The summed E-state index contributed by atoms with van der Waals surface area (Å²) in [7, 11) is 1.57. The molecule has 4 aromatic rings. The van der Waals surface area contributed by atoms with Crippen LogP contribution in [-0.4, -0.2) is 35.0 Å². The van der Waals surface area contributed by atoms with Gasteiger partial charge in [-0.1, -0.05) is 53.7 Å². The molecule has 168 valence electrons. The van der Waals surface area contributed by atoms with E-state index in [9.17, 15) is 4.79 Å². The first kappa shape index (κ1) is 22.7. The monoisotopic (exact) mass is 480 g/mol. The van der Waals surface area contributed by atoms with Gasteiger partial charge >= 0.3 is 0 Å². The zero-order valence-corrected chi connectivity index (χ0v) is 19.3. The Bertz CT molecular complexity index is 1260. The summed E-state index contributed by atoms with van der Waals surface area (Å²) in [6.07, 6.45) is 1.53. The van der Waals surface area contributed by atoms with E-state index < -0.39 is 0 Å². The number of amides is 1. The molecule has 2 N–H and O–H groups in total. The van der Waals surface area contributed by atoms with Crippen molar-refractivity contribution in [3.8, 4) is 11.5 Å². The van der Waals surface area contributed by atoms with Gasteiger partial charge in [-0.05, 0) is 42.0 Å². The van der Waals surface area contributed by atoms with Crippen molar-refractivity contribution in [2.45, 2.75) is 11.8 Å². The first-order valence-corrected chi connectivity index (χ1v) is 11.4. The van der Waals surface area contributed by atoms with Crippen LogP contribution in [0.5, 0.6) is 11.5 Å². The molecule has 0 saturated carbocycles. The number of H-pyrrole nitrogens is 1. The molecule has 0 spiro atoms. The molecule has 1 amide bonds. The summed E-state index contributed by atoms with van der Waals surface area (Å²) in [6, 6.07) is 20.6. The molecule has 0 bridgehead atoms. The Morgan fingerprint density at radius 1 is 1.18 bits per heavy atom. The van der Waals surface area contributed by atoms with Crippen LogP contribution in [0.2, 0.25) is 5.02 Å². The Kier molecular flexibility index (Phi) is 7.49. The van der Waals surface area contributed by atoms with Crippen molar-refractivity contribution in [1.82, 2.24) is 15.4 Å². The summed E-state index contributed by atoms with van der Waals surface area (Å²) in [5.41, 5.74) is 5.92. The van der Waals surface area contributed by atoms with Crippen LogP contribution in [0, 0.1) is 0 Å². The summed E-state index contributed by atoms with van der Waals surface area (Å²) < 4.78 is 11.4. The molecule has 0 aliphatic heterocycles. The minimum Gasteiger partial charge on any atom is -0.493 e. The third-order valence-electron chi connectivity index (χ3n) is 4.60. The number of imidazole rings is 1. The van der Waals surface area contributed by atoms with Gasteiger partial charge < -0.3 is 14.5 Å². The van der Waals surface area contributed by atoms with Crippen molar-refractivity contribution >= 4 is 46.5 Å². The standard InChI is InChI=1S/C24H21ClN4O3S/c1-31-21-11-5-7-17(23(21)32-14-16-6-4-8-18(25)12-16)13-26-29-22(30)15-33-24-27-19-9-2-3-10-20(19)28-24/h2-13H,14-15H2,1H3,(H,27,28)(H,29,30)/b26-13+. The highest BCUT2D eigenvalue weighted by Gasteiger charge is 2.11. The second-order valence-electron chi connectivity index (χ2n) is 6.94. The van der Waals surface area contributed by atoms with Gasteiger partial charge in [0.05, 0.1) is 30.1 Å². The fourth-order valence-electron chi connectivity index (χ4n) is 3.07. The number of fused-ring (bicyclic) bond motifs is 1. The largest absolute Gasteiger partial charge is 0.493 e. The lowest BCUT2D eigenvalue weighted by molar-refractivity contribution is -0.118. The normalized spacial score (nSPS) is 11.1. The molecule has 0 aliphatic rings. The smallest absolute Gasteiger partial charge is 0.250 e. The predicted molar refractivity (Wildman–Crippen MR) is 131 cm³/mol. The van der Waals surface area contributed by atoms with Gasteiger partial charge in [-0.2, -0.15) is 5.10 Å². The molecule has 4 rings (SSSR count). The topological polar surface area (TPSA) is 88.6 Å². The highest BCUT2D eigenvalue weighted by Crippen LogP contribution is 2.31. The van der Waals surface area contributed by atoms with Gasteiger partial charge in [0, 0.05) is 10.6 Å². The summed E-state index contributed by atoms with van der Waals surface area (Å²) in [5.74, 6) is 1.01. The van der Waals surface area contributed by atoms with Crippen LogP contribution >= 0.6 is 23.4 Å². The van der Waals surface area contributed by atoms with Crippen LogP contribution in [-0.2, 0) is 11.4 Å². The average molecular weight is 481 g/mol. The van der Waals surface area contributed by atoms with Gasteiger partial charge in [0.1, 0.15) is 6.61 Å². The van der Waals surface area contributed by atoms with Gasteiger partial charge in [-0.15, -0.1) is 0 Å². The lowest BCUT2D eigenvalue weighted by Crippen LogP contribution is -2.19. The second-order valence-corrected chi connectivity index (χ2v) is 8.34. The third kappa shape index (κ3) is 6.06. The average Bonchev–Trinajstić information content (AvgIpc) is 3.25. The number of rotatable bonds is 9. The second kappa shape index (κ2) is 10.9. The lowest BCUT2D eigenvalue weighted by atomic mass is 10.2. The van der Waals surface area contributed by atoms with Crippen LogP contribution in [0.1, 0.15) is 11.1 Å². The quantitative estimate of drug-likeness (QED) is 0.199. The first-order valence-electron chi connectivity index (χ1n) is 10.1. The van der Waals surface area contributed by atoms with Crippen molar-refractivity contribution in [1.29, 1.82) is 0 Å². The number of hydrogen-bond acceptors (Lipinski definition) is 6. The number of hydrazone groups is 1. The number of hydrogen-bond donors (Lipinski definition) is 2. The molecule has 0 fully saturated rings. The number of para-hydroxylation sites is 3. The molecule has 1 aromatic heterocycles. The van der Waals surface area contributed by atoms with E-state index in [4.69, 9.17) is 21.1 Å². The molecule has 33 heavy (non-hydrogen) atoms. The van der Waals surface area contributed by atoms with Crippen LogP contribution in [0.3, 0.4) is 0 Å². The van der Waals surface area contributed by atoms with Gasteiger partial charge in [-0.3, -0.25) is 4.79 Å². The van der Waals surface area contributed by atoms with Crippen LogP contribution in [0.15, 0.2) is 77.0 Å². The van der Waals surface area contributed by atoms with Crippen molar-refractivity contribution in [3.63, 3.8) is 0 Å². The molecule has 3 aromatic carbocycles. The van der Waals surface area contributed by atoms with E-state index in [1.807, 2.05) is 54.6 Å². The molecule has 9 heteroatoms. The van der Waals surface area contributed by atoms with E-state index in [1.54, 1.807) is 19.2 Å². The zero-order chi connectivity index (χ0) is 23.0. The number of methoxy groups -OCH3 is 1. The Labute approximate surface area is 200 Å². The minimum absolute atomic E-state index is 0.174. The molecule has 0 atom stereocenters. The number of nitrogens with one attached hydrogen (secondary N) is 2. The number of aromatic nitrogens is 2. The minimum atomic E-state index is -0.249. The van der Waals surface area contributed by atoms with Crippen LogP contribution < -0.4 is 14.9 Å². The maximum Gasteiger partial charge on any atom is 0.250 e. The van der Waals surface area contributed by atoms with E-state index in [0.29, 0.717) is 33.8 Å². The zero-order valence-electron chi connectivity index (χ0n) is 17.7. The lowest BCUT2D eigenvalue weighted by Gasteiger charge is -2.13. The van der Waals surface area contributed by atoms with Crippen molar-refractivity contribution < 1.29 is 14.3 Å². The number of ether oxygens (including phenoxy) is 2. The summed E-state index contributed by atoms with van der Waals surface area (Å²) in [6.45, 7) is 0.308. The Morgan fingerprint density at radius 2 is 2.03 bits per heavy atom. The van der Waals surface area contributed by atoms with Crippen molar-refractivity contribution in [2.75, 3.05) is 12.9 Å². The number of carbonyl (C=O) groups is 1. The third-order valence-corrected chi connectivity index (χ3v) is 5.71. The Hall–Kier alpha value is -3.49. The number of halogens is 1. The molecule has 1 heterocycles. The van der Waals surface area contributed by atoms with Crippen LogP contribution in [0.25, 0.3) is 11.0 Å². The maximum atomic E-state index is 12.2. The molecule has 0 radical (unpaired) electrons. The van der Waals surface area contributed by atoms with Crippen molar-refractivity contribution in [3.05, 3.63) is 82.9 Å². The molecule has 0 aliphatic carbocycles. The predicted octanol–water partition coefficient (Wildman–Crippen LogP) is 5.05. The number of aromatic amines is 1. The number of benzene rings is 3. The van der Waals surface area contributed by atoms with Gasteiger partial charge in [0.15, 0.2) is 16.7 Å².